The van der Waals surface area contributed by atoms with Crippen LogP contribution in [0.4, 0.5) is 0 Å². The van der Waals surface area contributed by atoms with Gasteiger partial charge in [0.25, 0.3) is 0 Å². The molecule has 1 rings (SSSR count). The van der Waals surface area contributed by atoms with Crippen molar-refractivity contribution < 1.29 is 4.74 Å². The fourth-order valence-corrected chi connectivity index (χ4v) is 2.36. The zero-order chi connectivity index (χ0) is 11.3. The first kappa shape index (κ1) is 12.5. The quantitative estimate of drug-likeness (QED) is 0.574. The van der Waals surface area contributed by atoms with Gasteiger partial charge in [-0.15, -0.1) is 0 Å². The van der Waals surface area contributed by atoms with Crippen LogP contribution in [0.5, 0.6) is 0 Å². The standard InChI is InChI=1S/C12H24N2O/c1-9(2)14-12(13)11(15-3)10-7-5-4-6-8-10/h9-11H,4-8H2,1-3H3,(H2,13,14). The van der Waals surface area contributed by atoms with E-state index in [4.69, 9.17) is 10.5 Å². The number of ether oxygens (including phenoxy) is 1. The molecule has 1 unspecified atom stereocenters. The second kappa shape index (κ2) is 6.11. The minimum atomic E-state index is 0.0349. The van der Waals surface area contributed by atoms with Crippen molar-refractivity contribution in [2.45, 2.75) is 58.1 Å². The summed E-state index contributed by atoms with van der Waals surface area (Å²) in [6.45, 7) is 4.08. The van der Waals surface area contributed by atoms with E-state index in [0.29, 0.717) is 11.8 Å². The van der Waals surface area contributed by atoms with Crippen LogP contribution < -0.4 is 5.73 Å². The Kier molecular flexibility index (Phi) is 5.09. The zero-order valence-electron chi connectivity index (χ0n) is 10.2. The minimum Gasteiger partial charge on any atom is -0.385 e. The average molecular weight is 212 g/mol. The van der Waals surface area contributed by atoms with Crippen molar-refractivity contribution in [3.05, 3.63) is 0 Å². The van der Waals surface area contributed by atoms with E-state index in [-0.39, 0.29) is 12.1 Å². The van der Waals surface area contributed by atoms with Crippen LogP contribution in [-0.2, 0) is 4.74 Å². The summed E-state index contributed by atoms with van der Waals surface area (Å²) in [5.41, 5.74) is 5.99. The number of aliphatic imine (C=N–C) groups is 1. The fraction of sp³-hybridized carbons (Fsp3) is 0.917. The molecule has 1 aliphatic rings. The Balaban J connectivity index is 2.60. The lowest BCUT2D eigenvalue weighted by Gasteiger charge is -2.29. The smallest absolute Gasteiger partial charge is 0.124 e. The molecule has 3 heteroatoms. The fourth-order valence-electron chi connectivity index (χ4n) is 2.36. The highest BCUT2D eigenvalue weighted by Gasteiger charge is 2.26. The third-order valence-electron chi connectivity index (χ3n) is 3.03. The lowest BCUT2D eigenvalue weighted by molar-refractivity contribution is 0.0848. The molecule has 1 saturated carbocycles. The molecule has 0 saturated heterocycles. The highest BCUT2D eigenvalue weighted by atomic mass is 16.5. The molecular weight excluding hydrogens is 188 g/mol. The molecule has 3 nitrogen and oxygen atoms in total. The first-order chi connectivity index (χ1) is 7.15. The van der Waals surface area contributed by atoms with Crippen molar-refractivity contribution in [2.24, 2.45) is 16.6 Å². The number of hydrogen-bond donors (Lipinski definition) is 1. The van der Waals surface area contributed by atoms with Crippen molar-refractivity contribution in [3.8, 4) is 0 Å². The van der Waals surface area contributed by atoms with E-state index < -0.39 is 0 Å². The molecule has 0 radical (unpaired) electrons. The normalized spacial score (nSPS) is 22.0. The molecule has 0 bridgehead atoms. The van der Waals surface area contributed by atoms with E-state index in [1.807, 2.05) is 13.8 Å². The topological polar surface area (TPSA) is 47.6 Å². The Morgan fingerprint density at radius 2 is 1.87 bits per heavy atom. The summed E-state index contributed by atoms with van der Waals surface area (Å²) >= 11 is 0. The molecule has 15 heavy (non-hydrogen) atoms. The molecule has 1 fully saturated rings. The van der Waals surface area contributed by atoms with Gasteiger partial charge in [0.1, 0.15) is 11.9 Å². The van der Waals surface area contributed by atoms with Gasteiger partial charge in [-0.25, -0.2) is 0 Å². The third kappa shape index (κ3) is 3.82. The molecule has 0 amide bonds. The van der Waals surface area contributed by atoms with Crippen molar-refractivity contribution in [3.63, 3.8) is 0 Å². The van der Waals surface area contributed by atoms with Crippen LogP contribution in [-0.4, -0.2) is 25.1 Å². The molecule has 88 valence electrons. The van der Waals surface area contributed by atoms with Gasteiger partial charge in [-0.05, 0) is 32.6 Å². The molecule has 1 atom stereocenters. The van der Waals surface area contributed by atoms with Crippen molar-refractivity contribution in [1.82, 2.24) is 0 Å². The van der Waals surface area contributed by atoms with E-state index in [0.717, 1.165) is 0 Å². The van der Waals surface area contributed by atoms with Crippen LogP contribution in [0.2, 0.25) is 0 Å². The first-order valence-corrected chi connectivity index (χ1v) is 6.01. The maximum Gasteiger partial charge on any atom is 0.124 e. The molecule has 0 spiro atoms. The van der Waals surface area contributed by atoms with Gasteiger partial charge in [-0.3, -0.25) is 4.99 Å². The maximum atomic E-state index is 5.99. The third-order valence-corrected chi connectivity index (χ3v) is 3.03. The van der Waals surface area contributed by atoms with Crippen molar-refractivity contribution in [2.75, 3.05) is 7.11 Å². The largest absolute Gasteiger partial charge is 0.385 e. The second-order valence-corrected chi connectivity index (χ2v) is 4.70. The molecular formula is C12H24N2O. The Morgan fingerprint density at radius 3 is 2.33 bits per heavy atom. The Morgan fingerprint density at radius 1 is 1.27 bits per heavy atom. The van der Waals surface area contributed by atoms with E-state index >= 15 is 0 Å². The van der Waals surface area contributed by atoms with E-state index in [1.165, 1.54) is 32.1 Å². The highest BCUT2D eigenvalue weighted by Crippen LogP contribution is 2.27. The number of hydrogen-bond acceptors (Lipinski definition) is 2. The summed E-state index contributed by atoms with van der Waals surface area (Å²) in [6.07, 6.45) is 6.46. The Hall–Kier alpha value is -0.570. The molecule has 0 heterocycles. The summed E-state index contributed by atoms with van der Waals surface area (Å²) in [5.74, 6) is 1.26. The number of nitrogens with two attached hydrogens (primary N) is 1. The van der Waals surface area contributed by atoms with E-state index in [2.05, 4.69) is 4.99 Å². The highest BCUT2D eigenvalue weighted by molar-refractivity contribution is 5.85. The Bertz CT molecular complexity index is 208. The second-order valence-electron chi connectivity index (χ2n) is 4.70. The van der Waals surface area contributed by atoms with Gasteiger partial charge < -0.3 is 10.5 Å². The minimum absolute atomic E-state index is 0.0349. The molecule has 1 aliphatic carbocycles. The Labute approximate surface area is 93.1 Å². The molecule has 0 aromatic heterocycles. The summed E-state index contributed by atoms with van der Waals surface area (Å²) in [6, 6.07) is 0.256. The zero-order valence-corrected chi connectivity index (χ0v) is 10.2. The van der Waals surface area contributed by atoms with E-state index in [1.54, 1.807) is 7.11 Å². The monoisotopic (exact) mass is 212 g/mol. The summed E-state index contributed by atoms with van der Waals surface area (Å²) in [5, 5.41) is 0. The van der Waals surface area contributed by atoms with Crippen LogP contribution >= 0.6 is 0 Å². The summed E-state index contributed by atoms with van der Waals surface area (Å²) in [7, 11) is 1.74. The molecule has 0 aromatic rings. The van der Waals surface area contributed by atoms with Crippen LogP contribution in [0.3, 0.4) is 0 Å². The number of rotatable bonds is 4. The number of methoxy groups -OCH3 is 1. The molecule has 0 aromatic carbocycles. The van der Waals surface area contributed by atoms with Crippen molar-refractivity contribution in [1.29, 1.82) is 0 Å². The molecule has 0 aliphatic heterocycles. The van der Waals surface area contributed by atoms with Gasteiger partial charge in [0.05, 0.1) is 0 Å². The average Bonchev–Trinajstić information content (AvgIpc) is 2.19. The van der Waals surface area contributed by atoms with Gasteiger partial charge in [-0.1, -0.05) is 19.3 Å². The predicted octanol–water partition coefficient (Wildman–Crippen LogP) is 2.35. The van der Waals surface area contributed by atoms with Crippen LogP contribution in [0, 0.1) is 5.92 Å². The number of nitrogens with zero attached hydrogens (tertiary/aromatic N) is 1. The van der Waals surface area contributed by atoms with Gasteiger partial charge in [0.15, 0.2) is 0 Å². The van der Waals surface area contributed by atoms with Gasteiger partial charge in [-0.2, -0.15) is 0 Å². The van der Waals surface area contributed by atoms with Gasteiger partial charge in [0.2, 0.25) is 0 Å². The van der Waals surface area contributed by atoms with Crippen LogP contribution in [0.1, 0.15) is 46.0 Å². The van der Waals surface area contributed by atoms with Gasteiger partial charge in [0, 0.05) is 13.2 Å². The van der Waals surface area contributed by atoms with Gasteiger partial charge >= 0.3 is 0 Å². The maximum absolute atomic E-state index is 5.99. The van der Waals surface area contributed by atoms with Crippen LogP contribution in [0.25, 0.3) is 0 Å². The summed E-state index contributed by atoms with van der Waals surface area (Å²) < 4.78 is 5.50. The number of amidine groups is 1. The predicted molar refractivity (Wildman–Crippen MR) is 64.1 cm³/mol. The van der Waals surface area contributed by atoms with Crippen molar-refractivity contribution >= 4 is 5.84 Å². The SMILES string of the molecule is COC(C(N)=NC(C)C)C1CCCCC1. The first-order valence-electron chi connectivity index (χ1n) is 6.01. The lowest BCUT2D eigenvalue weighted by Crippen LogP contribution is -2.38. The molecule has 2 N–H and O–H groups in total. The lowest BCUT2D eigenvalue weighted by atomic mass is 9.85. The van der Waals surface area contributed by atoms with E-state index in [9.17, 15) is 0 Å². The van der Waals surface area contributed by atoms with Crippen LogP contribution in [0.15, 0.2) is 4.99 Å². The summed E-state index contributed by atoms with van der Waals surface area (Å²) in [4.78, 5) is 4.39.